The number of phenols is 1. The molecule has 0 amide bonds. The van der Waals surface area contributed by atoms with E-state index in [4.69, 9.17) is 15.9 Å². The van der Waals surface area contributed by atoms with Crippen molar-refractivity contribution in [2.75, 3.05) is 0 Å². The lowest BCUT2D eigenvalue weighted by Crippen LogP contribution is -2.54. The summed E-state index contributed by atoms with van der Waals surface area (Å²) in [5.41, 5.74) is 5.43. The maximum atomic E-state index is 11.2. The minimum Gasteiger partial charge on any atom is -0.508 e. The van der Waals surface area contributed by atoms with Crippen molar-refractivity contribution < 1.29 is 15.0 Å². The molecule has 4 heteroatoms. The van der Waals surface area contributed by atoms with Crippen LogP contribution in [0.3, 0.4) is 0 Å². The Kier molecular flexibility index (Phi) is 3.55. The third-order valence-corrected chi connectivity index (χ3v) is 2.86. The normalized spacial score (nSPS) is 14.8. The molecule has 88 valence electrons. The van der Waals surface area contributed by atoms with E-state index >= 15 is 0 Å². The molecule has 4 nitrogen and oxygen atoms in total. The number of hydrogen-bond donors (Lipinski definition) is 3. The van der Waals surface area contributed by atoms with Crippen molar-refractivity contribution >= 4 is 5.97 Å². The van der Waals surface area contributed by atoms with Crippen LogP contribution in [0, 0.1) is 5.92 Å². The van der Waals surface area contributed by atoms with Crippen LogP contribution >= 0.6 is 0 Å². The van der Waals surface area contributed by atoms with Crippen molar-refractivity contribution in [3.63, 3.8) is 0 Å². The van der Waals surface area contributed by atoms with Crippen LogP contribution in [0.25, 0.3) is 0 Å². The summed E-state index contributed by atoms with van der Waals surface area (Å²) in [7, 11) is 0. The highest BCUT2D eigenvalue weighted by Gasteiger charge is 2.37. The minimum atomic E-state index is -1.27. The lowest BCUT2D eigenvalue weighted by Gasteiger charge is -2.28. The number of carboxylic acids is 1. The average Bonchev–Trinajstić information content (AvgIpc) is 2.20. The fourth-order valence-corrected chi connectivity index (χ4v) is 1.48. The summed E-state index contributed by atoms with van der Waals surface area (Å²) in [5.74, 6) is -1.01. The molecule has 0 bridgehead atoms. The second kappa shape index (κ2) is 4.53. The summed E-state index contributed by atoms with van der Waals surface area (Å²) in [6.07, 6.45) is 0.250. The van der Waals surface area contributed by atoms with Gasteiger partial charge in [0.15, 0.2) is 0 Å². The number of aromatic hydroxyl groups is 1. The predicted molar refractivity (Wildman–Crippen MR) is 61.2 cm³/mol. The summed E-state index contributed by atoms with van der Waals surface area (Å²) < 4.78 is 0. The largest absolute Gasteiger partial charge is 0.508 e. The maximum Gasteiger partial charge on any atom is 0.324 e. The molecule has 1 aromatic rings. The van der Waals surface area contributed by atoms with E-state index < -0.39 is 11.5 Å². The second-order valence-corrected chi connectivity index (χ2v) is 4.34. The Morgan fingerprint density at radius 3 is 2.25 bits per heavy atom. The molecule has 0 unspecified atom stereocenters. The SMILES string of the molecule is CC(C)[C@](N)(Cc1ccc(O)cc1)C(=O)O. The van der Waals surface area contributed by atoms with Gasteiger partial charge in [0.2, 0.25) is 0 Å². The number of benzene rings is 1. The fraction of sp³-hybridized carbons (Fsp3) is 0.417. The number of rotatable bonds is 4. The number of phenolic OH excluding ortho intramolecular Hbond substituents is 1. The Balaban J connectivity index is 2.93. The van der Waals surface area contributed by atoms with Crippen molar-refractivity contribution in [3.05, 3.63) is 29.8 Å². The fourth-order valence-electron chi connectivity index (χ4n) is 1.48. The molecule has 1 atom stereocenters. The summed E-state index contributed by atoms with van der Waals surface area (Å²) >= 11 is 0. The van der Waals surface area contributed by atoms with Crippen molar-refractivity contribution in [1.29, 1.82) is 0 Å². The van der Waals surface area contributed by atoms with Crippen molar-refractivity contribution in [2.24, 2.45) is 11.7 Å². The number of hydrogen-bond acceptors (Lipinski definition) is 3. The molecule has 0 radical (unpaired) electrons. The zero-order chi connectivity index (χ0) is 12.3. The predicted octanol–water partition coefficient (Wildman–Crippen LogP) is 1.37. The number of carboxylic acid groups (broad SMARTS) is 1. The Bertz CT molecular complexity index is 372. The highest BCUT2D eigenvalue weighted by molar-refractivity contribution is 5.79. The third-order valence-electron chi connectivity index (χ3n) is 2.86. The van der Waals surface area contributed by atoms with Gasteiger partial charge in [-0.2, -0.15) is 0 Å². The smallest absolute Gasteiger partial charge is 0.324 e. The highest BCUT2D eigenvalue weighted by atomic mass is 16.4. The molecular weight excluding hydrogens is 206 g/mol. The average molecular weight is 223 g/mol. The van der Waals surface area contributed by atoms with Crippen LogP contribution in [-0.4, -0.2) is 21.7 Å². The van der Waals surface area contributed by atoms with Crippen LogP contribution in [-0.2, 0) is 11.2 Å². The van der Waals surface area contributed by atoms with E-state index in [0.29, 0.717) is 0 Å². The van der Waals surface area contributed by atoms with Gasteiger partial charge < -0.3 is 15.9 Å². The van der Waals surface area contributed by atoms with E-state index in [2.05, 4.69) is 0 Å². The van der Waals surface area contributed by atoms with Gasteiger partial charge in [-0.15, -0.1) is 0 Å². The first-order valence-electron chi connectivity index (χ1n) is 5.16. The van der Waals surface area contributed by atoms with Crippen molar-refractivity contribution in [2.45, 2.75) is 25.8 Å². The minimum absolute atomic E-state index is 0.159. The summed E-state index contributed by atoms with van der Waals surface area (Å²) in [6.45, 7) is 3.57. The molecule has 0 aliphatic heterocycles. The standard InChI is InChI=1S/C12H17NO3/c1-8(2)12(13,11(15)16)7-9-3-5-10(14)6-4-9/h3-6,8,14H,7,13H2,1-2H3,(H,15,16)/t12-/m1/s1. The van der Waals surface area contributed by atoms with Gasteiger partial charge in [-0.1, -0.05) is 26.0 Å². The van der Waals surface area contributed by atoms with E-state index in [1.165, 1.54) is 12.1 Å². The van der Waals surface area contributed by atoms with Crippen LogP contribution in [0.5, 0.6) is 5.75 Å². The molecule has 1 rings (SSSR count). The molecule has 0 heterocycles. The molecule has 0 aliphatic rings. The molecular formula is C12H17NO3. The lowest BCUT2D eigenvalue weighted by atomic mass is 9.82. The first-order chi connectivity index (χ1) is 7.36. The summed E-state index contributed by atoms with van der Waals surface area (Å²) in [6, 6.07) is 6.42. The number of aliphatic carboxylic acids is 1. The van der Waals surface area contributed by atoms with E-state index in [1.807, 2.05) is 0 Å². The Morgan fingerprint density at radius 2 is 1.88 bits per heavy atom. The van der Waals surface area contributed by atoms with Gasteiger partial charge in [0, 0.05) is 6.42 Å². The van der Waals surface area contributed by atoms with E-state index in [1.54, 1.807) is 26.0 Å². The van der Waals surface area contributed by atoms with Crippen LogP contribution in [0.4, 0.5) is 0 Å². The number of nitrogens with two attached hydrogens (primary N) is 1. The Labute approximate surface area is 94.7 Å². The van der Waals surface area contributed by atoms with Gasteiger partial charge in [0.05, 0.1) is 0 Å². The molecule has 0 saturated heterocycles. The topological polar surface area (TPSA) is 83.5 Å². The molecule has 0 spiro atoms. The molecule has 0 aliphatic carbocycles. The van der Waals surface area contributed by atoms with Gasteiger partial charge in [-0.25, -0.2) is 0 Å². The number of carbonyl (C=O) groups is 1. The summed E-state index contributed by atoms with van der Waals surface area (Å²) in [5, 5.41) is 18.3. The molecule has 1 aromatic carbocycles. The Hall–Kier alpha value is -1.55. The van der Waals surface area contributed by atoms with Crippen LogP contribution < -0.4 is 5.73 Å². The van der Waals surface area contributed by atoms with Gasteiger partial charge in [-0.3, -0.25) is 4.79 Å². The molecule has 0 saturated carbocycles. The first-order valence-corrected chi connectivity index (χ1v) is 5.16. The van der Waals surface area contributed by atoms with E-state index in [0.717, 1.165) is 5.56 Å². The van der Waals surface area contributed by atoms with Gasteiger partial charge in [0.1, 0.15) is 11.3 Å². The van der Waals surface area contributed by atoms with Crippen LogP contribution in [0.2, 0.25) is 0 Å². The molecule has 16 heavy (non-hydrogen) atoms. The van der Waals surface area contributed by atoms with E-state index in [-0.39, 0.29) is 18.1 Å². The van der Waals surface area contributed by atoms with Crippen LogP contribution in [0.15, 0.2) is 24.3 Å². The quantitative estimate of drug-likeness (QED) is 0.720. The Morgan fingerprint density at radius 1 is 1.38 bits per heavy atom. The highest BCUT2D eigenvalue weighted by Crippen LogP contribution is 2.21. The van der Waals surface area contributed by atoms with Crippen LogP contribution in [0.1, 0.15) is 19.4 Å². The first kappa shape index (κ1) is 12.5. The molecule has 0 fully saturated rings. The van der Waals surface area contributed by atoms with Crippen molar-refractivity contribution in [3.8, 4) is 5.75 Å². The third kappa shape index (κ3) is 2.52. The second-order valence-electron chi connectivity index (χ2n) is 4.34. The maximum absolute atomic E-state index is 11.2. The lowest BCUT2D eigenvalue weighted by molar-refractivity contribution is -0.145. The van der Waals surface area contributed by atoms with Crippen molar-refractivity contribution in [1.82, 2.24) is 0 Å². The zero-order valence-electron chi connectivity index (χ0n) is 9.47. The zero-order valence-corrected chi connectivity index (χ0v) is 9.47. The van der Waals surface area contributed by atoms with Gasteiger partial charge >= 0.3 is 5.97 Å². The summed E-state index contributed by atoms with van der Waals surface area (Å²) in [4.78, 5) is 11.2. The molecule has 0 aromatic heterocycles. The van der Waals surface area contributed by atoms with Gasteiger partial charge in [0.25, 0.3) is 0 Å². The monoisotopic (exact) mass is 223 g/mol. The van der Waals surface area contributed by atoms with Gasteiger partial charge in [-0.05, 0) is 23.6 Å². The van der Waals surface area contributed by atoms with E-state index in [9.17, 15) is 4.79 Å². The molecule has 4 N–H and O–H groups in total.